The Morgan fingerprint density at radius 3 is 2.59 bits per heavy atom. The van der Waals surface area contributed by atoms with Crippen LogP contribution in [0.25, 0.3) is 21.5 Å². The molecule has 0 atom stereocenters. The molecule has 0 aliphatic carbocycles. The molecule has 4 rings (SSSR count). The van der Waals surface area contributed by atoms with Gasteiger partial charge in [0.15, 0.2) is 6.61 Å². The topological polar surface area (TPSA) is 59.5 Å². The Labute approximate surface area is 176 Å². The number of amides is 1. The van der Waals surface area contributed by atoms with Gasteiger partial charge in [-0.25, -0.2) is 9.78 Å². The van der Waals surface area contributed by atoms with Crippen LogP contribution in [0, 0.1) is 0 Å². The van der Waals surface area contributed by atoms with Crippen molar-refractivity contribution in [3.8, 4) is 10.6 Å². The number of benzene rings is 1. The van der Waals surface area contributed by atoms with Crippen molar-refractivity contribution in [2.24, 2.45) is 0 Å². The van der Waals surface area contributed by atoms with Crippen LogP contribution in [0.1, 0.15) is 15.2 Å². The van der Waals surface area contributed by atoms with Crippen molar-refractivity contribution in [1.29, 1.82) is 0 Å². The fourth-order valence-corrected chi connectivity index (χ4v) is 4.38. The van der Waals surface area contributed by atoms with Crippen LogP contribution in [0.3, 0.4) is 0 Å². The number of ether oxygens (including phenoxy) is 1. The minimum atomic E-state index is -0.528. The van der Waals surface area contributed by atoms with Gasteiger partial charge in [0, 0.05) is 17.3 Å². The number of hydrogen-bond acceptors (Lipinski definition) is 6. The highest BCUT2D eigenvalue weighted by atomic mass is 32.1. The van der Waals surface area contributed by atoms with Crippen molar-refractivity contribution in [2.45, 2.75) is 6.54 Å². The van der Waals surface area contributed by atoms with Gasteiger partial charge in [0.2, 0.25) is 0 Å². The minimum absolute atomic E-state index is 0.247. The van der Waals surface area contributed by atoms with E-state index in [4.69, 9.17) is 4.74 Å². The first-order valence-electron chi connectivity index (χ1n) is 8.99. The summed E-state index contributed by atoms with van der Waals surface area (Å²) in [5.74, 6) is -0.775. The maximum atomic E-state index is 12.8. The number of thiophene rings is 2. The monoisotopic (exact) mass is 422 g/mol. The van der Waals surface area contributed by atoms with Crippen LogP contribution in [0.5, 0.6) is 0 Å². The zero-order valence-corrected chi connectivity index (χ0v) is 17.3. The zero-order valence-electron chi connectivity index (χ0n) is 15.7. The van der Waals surface area contributed by atoms with E-state index in [-0.39, 0.29) is 12.5 Å². The zero-order chi connectivity index (χ0) is 20.2. The number of pyridine rings is 1. The van der Waals surface area contributed by atoms with E-state index in [1.54, 1.807) is 40.7 Å². The third kappa shape index (κ3) is 4.36. The molecule has 0 unspecified atom stereocenters. The van der Waals surface area contributed by atoms with Gasteiger partial charge in [-0.05, 0) is 35.0 Å². The van der Waals surface area contributed by atoms with E-state index in [0.29, 0.717) is 28.7 Å². The van der Waals surface area contributed by atoms with Gasteiger partial charge in [-0.2, -0.15) is 0 Å². The number of likely N-dealkylation sites (N-methyl/N-ethyl adjacent to an activating group) is 1. The number of carbonyl (C=O) groups is 2. The van der Waals surface area contributed by atoms with E-state index in [0.717, 1.165) is 9.75 Å². The Morgan fingerprint density at radius 1 is 1.03 bits per heavy atom. The molecule has 0 saturated carbocycles. The SMILES string of the molecule is CN(Cc1cccs1)C(=O)COC(=O)c1cc(-c2cccs2)nc2ccccc12. The molecule has 0 fully saturated rings. The normalized spacial score (nSPS) is 10.8. The summed E-state index contributed by atoms with van der Waals surface area (Å²) < 4.78 is 5.36. The molecule has 0 spiro atoms. The van der Waals surface area contributed by atoms with E-state index in [1.165, 1.54) is 0 Å². The molecule has 0 aliphatic heterocycles. The Balaban J connectivity index is 1.52. The maximum Gasteiger partial charge on any atom is 0.339 e. The molecule has 3 heterocycles. The lowest BCUT2D eigenvalue weighted by atomic mass is 10.1. The second kappa shape index (κ2) is 8.55. The summed E-state index contributed by atoms with van der Waals surface area (Å²) in [6.07, 6.45) is 0. The average molecular weight is 423 g/mol. The number of aromatic nitrogens is 1. The molecule has 7 heteroatoms. The molecule has 5 nitrogen and oxygen atoms in total. The standard InChI is InChI=1S/C22H18N2O3S2/c1-24(13-15-6-4-10-28-15)21(25)14-27-22(26)17-12-19(20-9-5-11-29-20)23-18-8-3-2-7-16(17)18/h2-12H,13-14H2,1H3. The number of nitrogens with zero attached hydrogens (tertiary/aromatic N) is 2. The number of hydrogen-bond donors (Lipinski definition) is 0. The van der Waals surface area contributed by atoms with E-state index in [9.17, 15) is 9.59 Å². The highest BCUT2D eigenvalue weighted by molar-refractivity contribution is 7.13. The molecular formula is C22H18N2O3S2. The van der Waals surface area contributed by atoms with Crippen molar-refractivity contribution >= 4 is 45.5 Å². The largest absolute Gasteiger partial charge is 0.452 e. The van der Waals surface area contributed by atoms with Crippen molar-refractivity contribution in [1.82, 2.24) is 9.88 Å². The first-order chi connectivity index (χ1) is 14.1. The van der Waals surface area contributed by atoms with Crippen LogP contribution >= 0.6 is 22.7 Å². The van der Waals surface area contributed by atoms with E-state index >= 15 is 0 Å². The molecule has 1 amide bonds. The number of para-hydroxylation sites is 1. The van der Waals surface area contributed by atoms with Gasteiger partial charge < -0.3 is 9.64 Å². The summed E-state index contributed by atoms with van der Waals surface area (Å²) in [5, 5.41) is 4.64. The summed E-state index contributed by atoms with van der Waals surface area (Å²) in [6.45, 7) is 0.195. The van der Waals surface area contributed by atoms with Gasteiger partial charge in [0.05, 0.1) is 28.2 Å². The van der Waals surface area contributed by atoms with Crippen LogP contribution in [0.4, 0.5) is 0 Å². The Hall–Kier alpha value is -3.03. The predicted octanol–water partition coefficient (Wildman–Crippen LogP) is 4.84. The molecule has 0 radical (unpaired) electrons. The molecule has 0 aliphatic rings. The van der Waals surface area contributed by atoms with E-state index in [1.807, 2.05) is 59.3 Å². The highest BCUT2D eigenvalue weighted by Gasteiger charge is 2.18. The van der Waals surface area contributed by atoms with Gasteiger partial charge in [-0.15, -0.1) is 22.7 Å². The average Bonchev–Trinajstić information content (AvgIpc) is 3.45. The summed E-state index contributed by atoms with van der Waals surface area (Å²) >= 11 is 3.14. The fourth-order valence-electron chi connectivity index (χ4n) is 2.93. The van der Waals surface area contributed by atoms with Crippen LogP contribution < -0.4 is 0 Å². The summed E-state index contributed by atoms with van der Waals surface area (Å²) in [4.78, 5) is 33.4. The Bertz CT molecular complexity index is 1140. The molecule has 4 aromatic rings. The first kappa shape index (κ1) is 19.3. The van der Waals surface area contributed by atoms with Gasteiger partial charge in [0.25, 0.3) is 5.91 Å². The Morgan fingerprint density at radius 2 is 1.83 bits per heavy atom. The van der Waals surface area contributed by atoms with Crippen LogP contribution in [0.2, 0.25) is 0 Å². The second-order valence-electron chi connectivity index (χ2n) is 6.45. The smallest absolute Gasteiger partial charge is 0.339 e. The third-order valence-electron chi connectivity index (χ3n) is 4.44. The number of fused-ring (bicyclic) bond motifs is 1. The molecule has 3 aromatic heterocycles. The lowest BCUT2D eigenvalue weighted by molar-refractivity contribution is -0.133. The first-order valence-corrected chi connectivity index (χ1v) is 10.7. The lowest BCUT2D eigenvalue weighted by Crippen LogP contribution is -2.30. The van der Waals surface area contributed by atoms with Gasteiger partial charge >= 0.3 is 5.97 Å². The fraction of sp³-hybridized carbons (Fsp3) is 0.136. The van der Waals surface area contributed by atoms with Crippen molar-refractivity contribution < 1.29 is 14.3 Å². The van der Waals surface area contributed by atoms with E-state index in [2.05, 4.69) is 4.98 Å². The molecule has 146 valence electrons. The number of rotatable bonds is 6. The van der Waals surface area contributed by atoms with Crippen LogP contribution in [-0.4, -0.2) is 35.4 Å². The van der Waals surface area contributed by atoms with E-state index < -0.39 is 5.97 Å². The summed E-state index contributed by atoms with van der Waals surface area (Å²) in [7, 11) is 1.70. The molecule has 0 bridgehead atoms. The van der Waals surface area contributed by atoms with Crippen LogP contribution in [0.15, 0.2) is 65.4 Å². The summed E-state index contributed by atoms with van der Waals surface area (Å²) in [5.41, 5.74) is 1.84. The summed E-state index contributed by atoms with van der Waals surface area (Å²) in [6, 6.07) is 17.0. The maximum absolute atomic E-state index is 12.8. The van der Waals surface area contributed by atoms with Crippen molar-refractivity contribution in [3.63, 3.8) is 0 Å². The molecule has 1 aromatic carbocycles. The minimum Gasteiger partial charge on any atom is -0.452 e. The molecule has 0 saturated heterocycles. The van der Waals surface area contributed by atoms with Gasteiger partial charge in [0.1, 0.15) is 0 Å². The second-order valence-corrected chi connectivity index (χ2v) is 8.43. The third-order valence-corrected chi connectivity index (χ3v) is 6.19. The Kier molecular flexibility index (Phi) is 5.69. The number of carbonyl (C=O) groups excluding carboxylic acids is 2. The van der Waals surface area contributed by atoms with Crippen molar-refractivity contribution in [2.75, 3.05) is 13.7 Å². The molecule has 0 N–H and O–H groups in total. The van der Waals surface area contributed by atoms with Gasteiger partial charge in [-0.1, -0.05) is 30.3 Å². The van der Waals surface area contributed by atoms with Crippen molar-refractivity contribution in [3.05, 3.63) is 75.8 Å². The number of esters is 1. The molecular weight excluding hydrogens is 404 g/mol. The lowest BCUT2D eigenvalue weighted by Gasteiger charge is -2.16. The predicted molar refractivity (Wildman–Crippen MR) is 116 cm³/mol. The van der Waals surface area contributed by atoms with Gasteiger partial charge in [-0.3, -0.25) is 4.79 Å². The molecule has 29 heavy (non-hydrogen) atoms. The quantitative estimate of drug-likeness (QED) is 0.417. The van der Waals surface area contributed by atoms with Crippen LogP contribution in [-0.2, 0) is 16.1 Å². The highest BCUT2D eigenvalue weighted by Crippen LogP contribution is 2.28.